The Balaban J connectivity index is 1.59. The van der Waals surface area contributed by atoms with Crippen molar-refractivity contribution < 1.29 is 31.8 Å². The first-order valence-corrected chi connectivity index (χ1v) is 11.5. The quantitative estimate of drug-likeness (QED) is 0.216. The third-order valence-electron chi connectivity index (χ3n) is 5.20. The summed E-state index contributed by atoms with van der Waals surface area (Å²) in [5.74, 6) is -0.829. The van der Waals surface area contributed by atoms with E-state index in [1.807, 2.05) is 24.3 Å². The molecule has 1 aromatic heterocycles. The summed E-state index contributed by atoms with van der Waals surface area (Å²) in [5.41, 5.74) is 0.697. The van der Waals surface area contributed by atoms with Crippen LogP contribution in [-0.2, 0) is 17.5 Å². The van der Waals surface area contributed by atoms with Gasteiger partial charge in [-0.3, -0.25) is 4.79 Å². The van der Waals surface area contributed by atoms with Gasteiger partial charge in [-0.2, -0.15) is 13.2 Å². The van der Waals surface area contributed by atoms with E-state index in [0.29, 0.717) is 18.7 Å². The largest absolute Gasteiger partial charge is 0.488 e. The molecule has 0 saturated heterocycles. The van der Waals surface area contributed by atoms with Crippen LogP contribution in [0, 0.1) is 5.82 Å². The summed E-state index contributed by atoms with van der Waals surface area (Å²) < 4.78 is 64.6. The minimum atomic E-state index is -4.45. The van der Waals surface area contributed by atoms with Crippen LogP contribution in [0.5, 0.6) is 5.75 Å². The van der Waals surface area contributed by atoms with Crippen molar-refractivity contribution in [3.63, 3.8) is 0 Å². The van der Waals surface area contributed by atoms with Gasteiger partial charge in [0.05, 0.1) is 12.2 Å². The minimum Gasteiger partial charge on any atom is -0.488 e. The lowest BCUT2D eigenvalue weighted by Gasteiger charge is -2.09. The Morgan fingerprint density at radius 1 is 1.03 bits per heavy atom. The van der Waals surface area contributed by atoms with Crippen molar-refractivity contribution in [2.24, 2.45) is 0 Å². The van der Waals surface area contributed by atoms with Gasteiger partial charge in [-0.05, 0) is 59.0 Å². The average molecular weight is 504 g/mol. The van der Waals surface area contributed by atoms with E-state index in [4.69, 9.17) is 9.47 Å². The first-order valence-electron chi connectivity index (χ1n) is 10.6. The molecule has 1 amide bonds. The topological polar surface area (TPSA) is 47.6 Å². The molecule has 0 saturated carbocycles. The lowest BCUT2D eigenvalue weighted by Crippen LogP contribution is -2.27. The van der Waals surface area contributed by atoms with Gasteiger partial charge in [-0.25, -0.2) is 4.39 Å². The van der Waals surface area contributed by atoms with Crippen molar-refractivity contribution >= 4 is 27.3 Å². The monoisotopic (exact) mass is 503 g/mol. The molecule has 0 spiro atoms. The Hall–Kier alpha value is -3.43. The van der Waals surface area contributed by atoms with Crippen LogP contribution in [0.15, 0.2) is 66.7 Å². The molecule has 0 radical (unpaired) electrons. The Bertz CT molecular complexity index is 1350. The van der Waals surface area contributed by atoms with Crippen LogP contribution >= 0.6 is 11.3 Å². The molecule has 0 atom stereocenters. The maximum Gasteiger partial charge on any atom is 0.416 e. The summed E-state index contributed by atoms with van der Waals surface area (Å²) in [5, 5.41) is 3.56. The van der Waals surface area contributed by atoms with Gasteiger partial charge >= 0.3 is 6.18 Å². The highest BCUT2D eigenvalue weighted by Crippen LogP contribution is 2.36. The van der Waals surface area contributed by atoms with E-state index >= 15 is 0 Å². The fourth-order valence-corrected chi connectivity index (χ4v) is 4.68. The maximum absolute atomic E-state index is 14.4. The number of amides is 1. The van der Waals surface area contributed by atoms with Gasteiger partial charge in [0.15, 0.2) is 0 Å². The minimum absolute atomic E-state index is 0.0798. The highest BCUT2D eigenvalue weighted by molar-refractivity contribution is 7.19. The number of alkyl halides is 3. The molecule has 4 aromatic rings. The van der Waals surface area contributed by atoms with Gasteiger partial charge in [0.1, 0.15) is 18.2 Å². The van der Waals surface area contributed by atoms with Crippen LogP contribution in [0.25, 0.3) is 21.2 Å². The Morgan fingerprint density at radius 2 is 1.83 bits per heavy atom. The first-order chi connectivity index (χ1) is 16.7. The zero-order valence-corrected chi connectivity index (χ0v) is 19.4. The summed E-state index contributed by atoms with van der Waals surface area (Å²) in [6.07, 6.45) is -4.45. The molecule has 3 aromatic carbocycles. The lowest BCUT2D eigenvalue weighted by atomic mass is 10.0. The van der Waals surface area contributed by atoms with Crippen LogP contribution in [0.3, 0.4) is 0 Å². The molecule has 0 fully saturated rings. The zero-order valence-electron chi connectivity index (χ0n) is 18.6. The lowest BCUT2D eigenvalue weighted by molar-refractivity contribution is -0.137. The Labute approximate surface area is 203 Å². The second-order valence-corrected chi connectivity index (χ2v) is 8.86. The number of ether oxygens (including phenoxy) is 2. The molecule has 1 heterocycles. The van der Waals surface area contributed by atoms with Crippen molar-refractivity contribution in [3.8, 4) is 16.9 Å². The normalized spacial score (nSPS) is 11.6. The molecule has 0 bridgehead atoms. The Morgan fingerprint density at radius 3 is 2.60 bits per heavy atom. The molecule has 9 heteroatoms. The Kier molecular flexibility index (Phi) is 7.37. The third kappa shape index (κ3) is 5.98. The third-order valence-corrected chi connectivity index (χ3v) is 6.36. The van der Waals surface area contributed by atoms with Crippen molar-refractivity contribution in [3.05, 3.63) is 88.6 Å². The number of thiophene rings is 1. The molecule has 4 nitrogen and oxygen atoms in total. The van der Waals surface area contributed by atoms with Gasteiger partial charge in [-0.15, -0.1) is 11.3 Å². The van der Waals surface area contributed by atoms with Crippen LogP contribution in [-0.4, -0.2) is 26.2 Å². The maximum atomic E-state index is 14.4. The molecule has 1 N–H and O–H groups in total. The second kappa shape index (κ2) is 10.5. The van der Waals surface area contributed by atoms with E-state index < -0.39 is 23.5 Å². The van der Waals surface area contributed by atoms with Crippen molar-refractivity contribution in [2.75, 3.05) is 20.3 Å². The first kappa shape index (κ1) is 24.7. The number of carbonyl (C=O) groups excluding carboxylic acids is 1. The fraction of sp³-hybridized carbons (Fsp3) is 0.192. The van der Waals surface area contributed by atoms with E-state index in [1.54, 1.807) is 6.07 Å². The van der Waals surface area contributed by atoms with Gasteiger partial charge in [0, 0.05) is 28.8 Å². The van der Waals surface area contributed by atoms with E-state index in [-0.39, 0.29) is 17.9 Å². The number of halogens is 4. The van der Waals surface area contributed by atoms with Gasteiger partial charge < -0.3 is 14.8 Å². The van der Waals surface area contributed by atoms with Crippen LogP contribution < -0.4 is 10.1 Å². The number of carbonyl (C=O) groups is 1. The van der Waals surface area contributed by atoms with Gasteiger partial charge in [0.25, 0.3) is 5.91 Å². The number of hydrogen-bond acceptors (Lipinski definition) is 4. The van der Waals surface area contributed by atoms with E-state index in [2.05, 4.69) is 5.32 Å². The number of nitrogens with one attached hydrogen (secondary N) is 1. The average Bonchev–Trinajstić information content (AvgIpc) is 3.25. The summed E-state index contributed by atoms with van der Waals surface area (Å²) in [6, 6.07) is 16.3. The zero-order chi connectivity index (χ0) is 25.0. The smallest absolute Gasteiger partial charge is 0.416 e. The summed E-state index contributed by atoms with van der Waals surface area (Å²) in [4.78, 5) is 13.2. The molecule has 0 unspecified atom stereocenters. The summed E-state index contributed by atoms with van der Waals surface area (Å²) in [7, 11) is 1.52. The van der Waals surface area contributed by atoms with Crippen molar-refractivity contribution in [1.29, 1.82) is 0 Å². The fourth-order valence-electron chi connectivity index (χ4n) is 3.58. The second-order valence-electron chi connectivity index (χ2n) is 7.73. The molecule has 0 aliphatic heterocycles. The molecular formula is C26H21F4NO3S. The molecule has 182 valence electrons. The highest BCUT2D eigenvalue weighted by Gasteiger charge is 2.30. The van der Waals surface area contributed by atoms with E-state index in [0.717, 1.165) is 32.7 Å². The van der Waals surface area contributed by atoms with E-state index in [1.165, 1.54) is 42.7 Å². The van der Waals surface area contributed by atoms with Crippen LogP contribution in [0.1, 0.15) is 20.8 Å². The number of hydrogen-bond donors (Lipinski definition) is 1. The molecule has 0 aliphatic carbocycles. The van der Waals surface area contributed by atoms with Crippen molar-refractivity contribution in [1.82, 2.24) is 5.32 Å². The molecule has 0 aliphatic rings. The number of benzene rings is 3. The van der Waals surface area contributed by atoms with Crippen molar-refractivity contribution in [2.45, 2.75) is 12.8 Å². The molecular weight excluding hydrogens is 482 g/mol. The number of methoxy groups -OCH3 is 1. The number of fused-ring (bicyclic) bond motifs is 1. The van der Waals surface area contributed by atoms with E-state index in [9.17, 15) is 22.4 Å². The predicted octanol–water partition coefficient (Wildman–Crippen LogP) is 6.68. The standard InChI is InChI=1S/C26H21F4NO3S/c1-33-9-8-31-25(32)18-10-17(11-20(27)12-18)23-7-2-4-16-13-22(35-24(16)23)15-34-21-6-3-5-19(14-21)26(28,29)30/h2-7,10-14H,8-9,15H2,1H3,(H,31,32). The highest BCUT2D eigenvalue weighted by atomic mass is 32.1. The van der Waals surface area contributed by atoms with Crippen LogP contribution in [0.2, 0.25) is 0 Å². The SMILES string of the molecule is COCCNC(=O)c1cc(F)cc(-c2cccc3cc(COc4cccc(C(F)(F)F)c4)sc23)c1. The molecule has 35 heavy (non-hydrogen) atoms. The van der Waals surface area contributed by atoms with Crippen LogP contribution in [0.4, 0.5) is 17.6 Å². The number of rotatable bonds is 8. The predicted molar refractivity (Wildman–Crippen MR) is 127 cm³/mol. The van der Waals surface area contributed by atoms with Gasteiger partial charge in [-0.1, -0.05) is 24.3 Å². The summed E-state index contributed by atoms with van der Waals surface area (Å²) in [6.45, 7) is 0.723. The molecule has 4 rings (SSSR count). The summed E-state index contributed by atoms with van der Waals surface area (Å²) >= 11 is 1.40. The van der Waals surface area contributed by atoms with Gasteiger partial charge in [0.2, 0.25) is 0 Å².